The van der Waals surface area contributed by atoms with E-state index in [0.29, 0.717) is 11.6 Å². The number of nitrogens with zero attached hydrogens (tertiary/aromatic N) is 2. The number of Topliss-reactive ketones (excluding diaryl/α,β-unsaturated/α-hetero) is 1. The third-order valence-corrected chi connectivity index (χ3v) is 14.0. The fourth-order valence-electron chi connectivity index (χ4n) is 9.34. The van der Waals surface area contributed by atoms with Gasteiger partial charge in [-0.2, -0.15) is 0 Å². The Kier molecular flexibility index (Phi) is 27.9. The molecule has 2 aliphatic carbocycles. The Balaban J connectivity index is 0.000000756. The van der Waals surface area contributed by atoms with Gasteiger partial charge in [-0.1, -0.05) is 166 Å². The summed E-state index contributed by atoms with van der Waals surface area (Å²) < 4.78 is 14.4. The summed E-state index contributed by atoms with van der Waals surface area (Å²) in [6.07, 6.45) is 24.5. The Bertz CT molecular complexity index is 1850. The molecule has 1 heterocycles. The van der Waals surface area contributed by atoms with Crippen molar-refractivity contribution in [3.05, 3.63) is 95.3 Å². The van der Waals surface area contributed by atoms with Crippen molar-refractivity contribution >= 4 is 29.2 Å². The predicted octanol–water partition coefficient (Wildman–Crippen LogP) is 16.8. The highest BCUT2D eigenvalue weighted by atomic mass is 19.1. The molecule has 4 rings (SSSR count). The van der Waals surface area contributed by atoms with Crippen molar-refractivity contribution in [2.24, 2.45) is 40.0 Å². The second-order valence-corrected chi connectivity index (χ2v) is 20.8. The van der Waals surface area contributed by atoms with E-state index in [1.165, 1.54) is 43.7 Å². The lowest BCUT2D eigenvalue weighted by molar-refractivity contribution is -0.132. The molecular formula is C60H98FN3O3. The lowest BCUT2D eigenvalue weighted by Gasteiger charge is -2.42. The summed E-state index contributed by atoms with van der Waals surface area (Å²) in [6, 6.07) is 6.74. The molecule has 0 radical (unpaired) electrons. The van der Waals surface area contributed by atoms with Crippen LogP contribution in [0.4, 0.5) is 10.1 Å². The van der Waals surface area contributed by atoms with E-state index in [2.05, 4.69) is 97.0 Å². The number of anilines is 1. The minimum atomic E-state index is -0.560. The molecule has 7 heteroatoms. The van der Waals surface area contributed by atoms with Gasteiger partial charge in [0, 0.05) is 35.0 Å². The third-order valence-electron chi connectivity index (χ3n) is 14.0. The van der Waals surface area contributed by atoms with Crippen molar-refractivity contribution in [2.45, 2.75) is 212 Å². The zero-order valence-corrected chi connectivity index (χ0v) is 45.6. The van der Waals surface area contributed by atoms with E-state index in [4.69, 9.17) is 10.1 Å². The molecule has 67 heavy (non-hydrogen) atoms. The topological polar surface area (TPSA) is 82.0 Å². The smallest absolute Gasteiger partial charge is 0.237 e. The van der Waals surface area contributed by atoms with Crippen molar-refractivity contribution in [3.63, 3.8) is 0 Å². The number of halogens is 1. The summed E-state index contributed by atoms with van der Waals surface area (Å²) in [5.74, 6) is 3.77. The molecule has 378 valence electrons. The number of amides is 1. The van der Waals surface area contributed by atoms with Crippen LogP contribution in [-0.4, -0.2) is 35.7 Å². The molecule has 1 aromatic carbocycles. The first-order valence-electron chi connectivity index (χ1n) is 26.3. The second kappa shape index (κ2) is 30.6. The second-order valence-electron chi connectivity index (χ2n) is 20.8. The maximum Gasteiger partial charge on any atom is 0.237 e. The van der Waals surface area contributed by atoms with E-state index in [9.17, 15) is 14.0 Å². The molecule has 3 unspecified atom stereocenters. The maximum absolute atomic E-state index is 14.4. The highest BCUT2D eigenvalue weighted by Gasteiger charge is 2.53. The lowest BCUT2D eigenvalue weighted by Crippen LogP contribution is -2.50. The molecule has 1 amide bonds. The highest BCUT2D eigenvalue weighted by Crippen LogP contribution is 2.52. The van der Waals surface area contributed by atoms with Gasteiger partial charge in [0.1, 0.15) is 11.6 Å². The van der Waals surface area contributed by atoms with Crippen LogP contribution in [0.25, 0.3) is 5.57 Å². The number of hydrogen-bond acceptors (Lipinski definition) is 5. The molecule has 3 atom stereocenters. The molecule has 0 spiro atoms. The average Bonchev–Trinajstić information content (AvgIpc) is 3.86. The Hall–Kier alpha value is -3.84. The summed E-state index contributed by atoms with van der Waals surface area (Å²) in [5.41, 5.74) is 5.78. The Morgan fingerprint density at radius 3 is 1.94 bits per heavy atom. The van der Waals surface area contributed by atoms with Crippen molar-refractivity contribution in [1.29, 1.82) is 0 Å². The summed E-state index contributed by atoms with van der Waals surface area (Å²) in [7, 11) is 0. The van der Waals surface area contributed by atoms with Gasteiger partial charge in [-0.3, -0.25) is 14.6 Å². The van der Waals surface area contributed by atoms with E-state index in [0.717, 1.165) is 109 Å². The molecule has 1 aliphatic heterocycles. The molecule has 2 fully saturated rings. The molecule has 2 N–H and O–H groups in total. The van der Waals surface area contributed by atoms with Crippen LogP contribution in [0.15, 0.2) is 89.1 Å². The normalized spacial score (nSPS) is 21.2. The molecule has 6 nitrogen and oxygen atoms in total. The van der Waals surface area contributed by atoms with Gasteiger partial charge in [0.15, 0.2) is 0 Å². The first-order chi connectivity index (χ1) is 31.7. The number of aliphatic hydroxyl groups is 1. The van der Waals surface area contributed by atoms with Gasteiger partial charge in [-0.15, -0.1) is 0 Å². The van der Waals surface area contributed by atoms with E-state index >= 15 is 0 Å². The van der Waals surface area contributed by atoms with Crippen LogP contribution < -0.4 is 10.2 Å². The first kappa shape index (κ1) is 61.2. The monoisotopic (exact) mass is 928 g/mol. The van der Waals surface area contributed by atoms with Crippen LogP contribution in [0, 0.1) is 35.0 Å². The number of nitrogens with one attached hydrogen (secondary N) is 1. The van der Waals surface area contributed by atoms with Crippen LogP contribution in [0.1, 0.15) is 212 Å². The Morgan fingerprint density at radius 2 is 1.51 bits per heavy atom. The van der Waals surface area contributed by atoms with Crippen molar-refractivity contribution in [2.75, 3.05) is 11.5 Å². The van der Waals surface area contributed by atoms with Gasteiger partial charge in [0.2, 0.25) is 5.91 Å². The number of benzene rings is 1. The minimum absolute atomic E-state index is 0.0594. The number of aliphatic imine (C=N–C) groups is 1. The zero-order chi connectivity index (χ0) is 51.1. The quantitative estimate of drug-likeness (QED) is 0.0950. The van der Waals surface area contributed by atoms with E-state index in [-0.39, 0.29) is 30.3 Å². The number of fused-ring (bicyclic) bond motifs is 1. The molecule has 0 aromatic heterocycles. The molecule has 2 saturated carbocycles. The summed E-state index contributed by atoms with van der Waals surface area (Å²) in [5, 5.41) is 12.1. The van der Waals surface area contributed by atoms with Crippen LogP contribution >= 0.6 is 0 Å². The van der Waals surface area contributed by atoms with Crippen LogP contribution in [0.3, 0.4) is 0 Å². The average molecular weight is 928 g/mol. The largest absolute Gasteiger partial charge is 0.395 e. The van der Waals surface area contributed by atoms with Crippen LogP contribution in [-0.2, 0) is 15.0 Å². The number of aliphatic hydroxyl groups excluding tert-OH is 1. The molecule has 3 aliphatic rings. The van der Waals surface area contributed by atoms with Gasteiger partial charge in [-0.25, -0.2) is 4.39 Å². The molecule has 1 aromatic rings. The number of ketones is 1. The Morgan fingerprint density at radius 1 is 0.955 bits per heavy atom. The van der Waals surface area contributed by atoms with Gasteiger partial charge < -0.3 is 15.3 Å². The number of carbonyl (C=O) groups excluding carboxylic acids is 2. The minimum Gasteiger partial charge on any atom is -0.395 e. The third kappa shape index (κ3) is 17.9. The summed E-state index contributed by atoms with van der Waals surface area (Å²) in [4.78, 5) is 32.6. The van der Waals surface area contributed by atoms with E-state index < -0.39 is 16.7 Å². The summed E-state index contributed by atoms with van der Waals surface area (Å²) in [6.45, 7) is 40.9. The van der Waals surface area contributed by atoms with Gasteiger partial charge >= 0.3 is 0 Å². The fraction of sp³-hybridized carbons (Fsp3) is 0.650. The lowest BCUT2D eigenvalue weighted by atomic mass is 9.73. The zero-order valence-electron chi connectivity index (χ0n) is 45.6. The van der Waals surface area contributed by atoms with Crippen molar-refractivity contribution in [3.8, 4) is 0 Å². The van der Waals surface area contributed by atoms with Crippen LogP contribution in [0.5, 0.6) is 0 Å². The fourth-order valence-corrected chi connectivity index (χ4v) is 9.34. The van der Waals surface area contributed by atoms with Gasteiger partial charge in [0.25, 0.3) is 0 Å². The van der Waals surface area contributed by atoms with Crippen molar-refractivity contribution in [1.82, 2.24) is 5.32 Å². The van der Waals surface area contributed by atoms with Crippen molar-refractivity contribution < 1.29 is 19.1 Å². The summed E-state index contributed by atoms with van der Waals surface area (Å²) >= 11 is 0. The van der Waals surface area contributed by atoms with Gasteiger partial charge in [0.05, 0.1) is 23.4 Å². The number of rotatable bonds is 21. The number of allylic oxidation sites excluding steroid dienone is 8. The predicted molar refractivity (Wildman–Crippen MR) is 290 cm³/mol. The first-order valence-corrected chi connectivity index (χ1v) is 26.3. The molecular weight excluding hydrogens is 830 g/mol. The molecule has 0 saturated heterocycles. The van der Waals surface area contributed by atoms with E-state index in [1.54, 1.807) is 26.0 Å². The maximum atomic E-state index is 14.4. The highest BCUT2D eigenvalue weighted by molar-refractivity contribution is 6.09. The number of carbonyl (C=O) groups is 2. The standard InChI is InChI=1S/C38H52FN3O.C9H18O2.C9H18.C4H10/c1-10-16-34(33(39)15-6)41-28(9)27(8)35(40-21-13-4)22-26(7)30-17-18-32-36(25-30)42(31-23-29(14-5)24-31)37(43)38(32,19-11-2)20-12-3;1-5-7(2)8(11)9(3,4)6-10;1-3-8-5-6-9(4-2)7-8;1-4(2)3/h10,15-18,21-22,25,29,31,41H,6-7,11-14,19-20,23-24H2,1-5,8-9H3;7,10H,5-6H2,1-4H3;8-9H,3-7H2,1-2H3;4H,1-3H3/b16-10-,28-27+,34-33-,35-22+,40-21?;;;. The SMILES string of the molecule is C=C/C(F)=C(\C=C/C)N/C(C)=C(C)/C(=C\C(=C)c1ccc2c(c1)N(C1CC(CC)C1)C(=O)C2(CCC)CCC)N=CCC.CC(C)C.CCC(C)C(=O)C(C)(C)CO.CCC1CCC(CC)C1. The number of hydrogen-bond donors (Lipinski definition) is 2. The molecule has 0 bridgehead atoms. The van der Waals surface area contributed by atoms with E-state index in [1.807, 2.05) is 53.8 Å². The van der Waals surface area contributed by atoms with Gasteiger partial charge in [-0.05, 0) is 136 Å². The van der Waals surface area contributed by atoms with Crippen LogP contribution in [0.2, 0.25) is 0 Å². The Labute approximate surface area is 410 Å².